The zero-order chi connectivity index (χ0) is 17.1. The van der Waals surface area contributed by atoms with Crippen molar-refractivity contribution in [2.75, 3.05) is 25.0 Å². The number of piperidine rings is 1. The molecule has 1 atom stereocenters. The van der Waals surface area contributed by atoms with Crippen molar-refractivity contribution in [3.05, 3.63) is 29.3 Å². The first-order chi connectivity index (χ1) is 11.6. The summed E-state index contributed by atoms with van der Waals surface area (Å²) in [5.74, 6) is 0.883. The van der Waals surface area contributed by atoms with Crippen LogP contribution in [0.1, 0.15) is 51.2 Å². The number of fused-ring (bicyclic) bond motifs is 1. The molecule has 0 aromatic heterocycles. The van der Waals surface area contributed by atoms with E-state index in [4.69, 9.17) is 0 Å². The molecule has 0 aliphatic carbocycles. The number of nitrogens with zero attached hydrogens (tertiary/aromatic N) is 2. The number of likely N-dealkylation sites (tertiary alicyclic amines) is 1. The van der Waals surface area contributed by atoms with Gasteiger partial charge in [0.15, 0.2) is 0 Å². The maximum absolute atomic E-state index is 12.4. The Morgan fingerprint density at radius 2 is 1.88 bits per heavy atom. The lowest BCUT2D eigenvalue weighted by molar-refractivity contribution is -0.130. The summed E-state index contributed by atoms with van der Waals surface area (Å²) < 4.78 is 0. The van der Waals surface area contributed by atoms with Crippen LogP contribution in [0.3, 0.4) is 0 Å². The highest BCUT2D eigenvalue weighted by Crippen LogP contribution is 2.31. The molecule has 4 heteroatoms. The monoisotopic (exact) mass is 329 g/mol. The number of hydrogen-bond acceptors (Lipinski definition) is 3. The Kier molecular flexibility index (Phi) is 5.44. The molecule has 0 unspecified atom stereocenters. The van der Waals surface area contributed by atoms with Gasteiger partial charge in [-0.25, -0.2) is 0 Å². The van der Waals surface area contributed by atoms with Gasteiger partial charge in [-0.05, 0) is 49.3 Å². The van der Waals surface area contributed by atoms with Crippen molar-refractivity contribution < 1.29 is 4.79 Å². The third kappa shape index (κ3) is 3.75. The molecule has 24 heavy (non-hydrogen) atoms. The topological polar surface area (TPSA) is 35.6 Å². The molecule has 0 spiro atoms. The number of nitrogens with one attached hydrogen (secondary N) is 1. The molecule has 0 saturated carbocycles. The average molecular weight is 329 g/mol. The fourth-order valence-corrected chi connectivity index (χ4v) is 3.75. The lowest BCUT2D eigenvalue weighted by atomic mass is 10.1. The zero-order valence-corrected chi connectivity index (χ0v) is 15.3. The van der Waals surface area contributed by atoms with Gasteiger partial charge in [0.25, 0.3) is 0 Å². The summed E-state index contributed by atoms with van der Waals surface area (Å²) in [4.78, 5) is 16.9. The molecule has 1 fully saturated rings. The van der Waals surface area contributed by atoms with Gasteiger partial charge in [0, 0.05) is 37.9 Å². The zero-order valence-electron chi connectivity index (χ0n) is 15.3. The van der Waals surface area contributed by atoms with Gasteiger partial charge in [-0.15, -0.1) is 0 Å². The van der Waals surface area contributed by atoms with E-state index in [0.29, 0.717) is 18.5 Å². The van der Waals surface area contributed by atoms with Crippen LogP contribution in [-0.4, -0.2) is 41.4 Å². The van der Waals surface area contributed by atoms with Gasteiger partial charge in [-0.3, -0.25) is 9.69 Å². The minimum absolute atomic E-state index is 0.234. The molecule has 2 aliphatic heterocycles. The Labute approximate surface area is 146 Å². The minimum Gasteiger partial charge on any atom is -0.376 e. The average Bonchev–Trinajstić information content (AvgIpc) is 3.04. The molecule has 132 valence electrons. The van der Waals surface area contributed by atoms with Crippen molar-refractivity contribution in [3.63, 3.8) is 0 Å². The van der Waals surface area contributed by atoms with Crippen LogP contribution in [0.15, 0.2) is 18.2 Å². The predicted octanol–water partition coefficient (Wildman–Crippen LogP) is 3.47. The van der Waals surface area contributed by atoms with Gasteiger partial charge >= 0.3 is 0 Å². The fourth-order valence-electron chi connectivity index (χ4n) is 3.75. The van der Waals surface area contributed by atoms with E-state index in [2.05, 4.69) is 49.2 Å². The summed E-state index contributed by atoms with van der Waals surface area (Å²) in [6, 6.07) is 7.02. The summed E-state index contributed by atoms with van der Waals surface area (Å²) in [5.41, 5.74) is 3.91. The fraction of sp³-hybridized carbons (Fsp3) is 0.650. The number of anilines is 1. The molecule has 1 saturated heterocycles. The van der Waals surface area contributed by atoms with Crippen LogP contribution < -0.4 is 5.32 Å². The Morgan fingerprint density at radius 1 is 1.12 bits per heavy atom. The van der Waals surface area contributed by atoms with Crippen LogP contribution in [-0.2, 0) is 17.9 Å². The van der Waals surface area contributed by atoms with Crippen molar-refractivity contribution in [3.8, 4) is 0 Å². The van der Waals surface area contributed by atoms with Gasteiger partial charge in [-0.2, -0.15) is 0 Å². The Morgan fingerprint density at radius 3 is 2.58 bits per heavy atom. The number of carbonyl (C=O) groups excluding carboxylic acids is 1. The molecule has 4 nitrogen and oxygen atoms in total. The van der Waals surface area contributed by atoms with Crippen molar-refractivity contribution in [2.24, 2.45) is 5.92 Å². The lowest BCUT2D eigenvalue weighted by Gasteiger charge is -2.27. The Bertz CT molecular complexity index is 578. The van der Waals surface area contributed by atoms with E-state index in [9.17, 15) is 4.79 Å². The first kappa shape index (κ1) is 17.3. The maximum atomic E-state index is 12.4. The summed E-state index contributed by atoms with van der Waals surface area (Å²) in [6.07, 6.45) is 3.55. The molecule has 1 amide bonds. The first-order valence-electron chi connectivity index (χ1n) is 9.42. The van der Waals surface area contributed by atoms with Crippen LogP contribution in [0.5, 0.6) is 0 Å². The van der Waals surface area contributed by atoms with Crippen LogP contribution in [0.4, 0.5) is 5.69 Å². The minimum atomic E-state index is 0.234. The van der Waals surface area contributed by atoms with Crippen LogP contribution in [0, 0.1) is 5.92 Å². The van der Waals surface area contributed by atoms with E-state index in [0.717, 1.165) is 44.7 Å². The first-order valence-corrected chi connectivity index (χ1v) is 9.42. The summed E-state index contributed by atoms with van der Waals surface area (Å²) >= 11 is 0. The second-order valence-electron chi connectivity index (χ2n) is 7.63. The van der Waals surface area contributed by atoms with Crippen molar-refractivity contribution in [1.29, 1.82) is 0 Å². The largest absolute Gasteiger partial charge is 0.376 e. The number of carbonyl (C=O) groups is 1. The quantitative estimate of drug-likeness (QED) is 0.898. The lowest BCUT2D eigenvalue weighted by Crippen LogP contribution is -2.39. The third-order valence-electron chi connectivity index (χ3n) is 5.69. The number of amides is 1. The van der Waals surface area contributed by atoms with Crippen molar-refractivity contribution >= 4 is 11.6 Å². The highest BCUT2D eigenvalue weighted by Gasteiger charge is 2.26. The maximum Gasteiger partial charge on any atom is 0.241 e. The van der Waals surface area contributed by atoms with Gasteiger partial charge in [0.1, 0.15) is 0 Å². The second-order valence-corrected chi connectivity index (χ2v) is 7.63. The Balaban J connectivity index is 1.62. The van der Waals surface area contributed by atoms with Crippen LogP contribution in [0.2, 0.25) is 0 Å². The van der Waals surface area contributed by atoms with E-state index >= 15 is 0 Å². The molecular weight excluding hydrogens is 298 g/mol. The van der Waals surface area contributed by atoms with Gasteiger partial charge in [0.05, 0.1) is 6.54 Å². The number of rotatable bonds is 5. The smallest absolute Gasteiger partial charge is 0.241 e. The van der Waals surface area contributed by atoms with Crippen LogP contribution >= 0.6 is 0 Å². The predicted molar refractivity (Wildman–Crippen MR) is 98.9 cm³/mol. The van der Waals surface area contributed by atoms with Gasteiger partial charge in [-0.1, -0.05) is 26.0 Å². The number of hydrogen-bond donors (Lipinski definition) is 1. The van der Waals surface area contributed by atoms with Crippen molar-refractivity contribution in [2.45, 2.75) is 59.2 Å². The molecule has 1 N–H and O–H groups in total. The molecule has 1 aromatic rings. The SMILES string of the molecule is CC(C)[C@H](C)N1Cc2cccc(NCC(=O)N3CCCCC3)c2C1. The molecular formula is C20H31N3O. The molecule has 1 aromatic carbocycles. The second kappa shape index (κ2) is 7.56. The van der Waals surface area contributed by atoms with E-state index in [1.807, 2.05) is 4.90 Å². The van der Waals surface area contributed by atoms with E-state index in [1.54, 1.807) is 0 Å². The molecule has 0 bridgehead atoms. The molecule has 0 radical (unpaired) electrons. The molecule has 2 heterocycles. The standard InChI is InChI=1S/C20H31N3O/c1-15(2)16(3)23-13-17-8-7-9-19(18(17)14-23)21-12-20(24)22-10-5-4-6-11-22/h7-9,15-16,21H,4-6,10-14H2,1-3H3/t16-/m0/s1. The van der Waals surface area contributed by atoms with Gasteiger partial charge in [0.2, 0.25) is 5.91 Å². The van der Waals surface area contributed by atoms with E-state index in [-0.39, 0.29) is 5.91 Å². The normalized spacial score (nSPS) is 19.4. The highest BCUT2D eigenvalue weighted by atomic mass is 16.2. The summed E-state index contributed by atoms with van der Waals surface area (Å²) in [5, 5.41) is 3.41. The third-order valence-corrected chi connectivity index (χ3v) is 5.69. The van der Waals surface area contributed by atoms with E-state index in [1.165, 1.54) is 17.5 Å². The van der Waals surface area contributed by atoms with E-state index < -0.39 is 0 Å². The highest BCUT2D eigenvalue weighted by molar-refractivity contribution is 5.81. The summed E-state index contributed by atoms with van der Waals surface area (Å²) in [7, 11) is 0. The number of benzene rings is 1. The molecule has 2 aliphatic rings. The van der Waals surface area contributed by atoms with Crippen molar-refractivity contribution in [1.82, 2.24) is 9.80 Å². The Hall–Kier alpha value is -1.55. The van der Waals surface area contributed by atoms with Crippen LogP contribution in [0.25, 0.3) is 0 Å². The molecule has 3 rings (SSSR count). The van der Waals surface area contributed by atoms with Gasteiger partial charge < -0.3 is 10.2 Å². The summed E-state index contributed by atoms with van der Waals surface area (Å²) in [6.45, 7) is 11.1.